The molecule has 0 radical (unpaired) electrons. The Morgan fingerprint density at radius 1 is 1.30 bits per heavy atom. The van der Waals surface area contributed by atoms with Crippen LogP contribution >= 0.6 is 27.5 Å². The molecule has 52 valence electrons. The van der Waals surface area contributed by atoms with Crippen LogP contribution < -0.4 is 0 Å². The molecule has 1 aromatic rings. The van der Waals surface area contributed by atoms with Crippen LogP contribution in [0.3, 0.4) is 0 Å². The van der Waals surface area contributed by atoms with Crippen molar-refractivity contribution in [2.45, 2.75) is 5.33 Å². The van der Waals surface area contributed by atoms with E-state index < -0.39 is 0 Å². The molecule has 0 atom stereocenters. The first kappa shape index (κ1) is 10.8. The molecule has 0 aliphatic rings. The Morgan fingerprint density at radius 3 is 2.30 bits per heavy atom. The first-order valence-corrected chi connectivity index (χ1v) is 4.14. The molecule has 0 aliphatic heterocycles. The van der Waals surface area contributed by atoms with Gasteiger partial charge in [-0.2, -0.15) is 0 Å². The molecule has 0 unspecified atom stereocenters. The summed E-state index contributed by atoms with van der Waals surface area (Å²) in [6, 6.07) is 7.78. The summed E-state index contributed by atoms with van der Waals surface area (Å²) >= 11 is 9.12. The van der Waals surface area contributed by atoms with E-state index in [9.17, 15) is 0 Å². The van der Waals surface area contributed by atoms with Gasteiger partial charge in [-0.15, -0.1) is 0 Å². The third-order valence-electron chi connectivity index (χ3n) is 1.10. The van der Waals surface area contributed by atoms with E-state index >= 15 is 0 Å². The van der Waals surface area contributed by atoms with Crippen LogP contribution in [0.5, 0.6) is 0 Å². The molecule has 0 fully saturated rings. The molecule has 0 heterocycles. The lowest BCUT2D eigenvalue weighted by Crippen LogP contribution is -1.75. The van der Waals surface area contributed by atoms with Gasteiger partial charge < -0.3 is 0 Å². The summed E-state index contributed by atoms with van der Waals surface area (Å²) in [6.45, 7) is 0. The average molecular weight is 232 g/mol. The number of hydrogen-bond acceptors (Lipinski definition) is 0. The molecule has 0 amide bonds. The maximum absolute atomic E-state index is 5.79. The van der Waals surface area contributed by atoms with Gasteiger partial charge in [0.15, 0.2) is 0 Å². The average Bonchev–Trinajstić information content (AvgIpc) is 1.89. The van der Waals surface area contributed by atoms with Gasteiger partial charge in [-0.3, -0.25) is 0 Å². The topological polar surface area (TPSA) is 0 Å². The minimum absolute atomic E-state index is 0. The van der Waals surface area contributed by atoms with Crippen LogP contribution in [0.15, 0.2) is 24.3 Å². The van der Waals surface area contributed by atoms with Crippen LogP contribution in [0, 0.1) is 0 Å². The highest BCUT2D eigenvalue weighted by atomic mass is 79.9. The molecule has 0 aromatic heterocycles. The van der Waals surface area contributed by atoms with E-state index in [-0.39, 0.29) is 23.1 Å². The fourth-order valence-electron chi connectivity index (χ4n) is 0.607. The highest BCUT2D eigenvalue weighted by molar-refractivity contribution is 9.08. The summed E-state index contributed by atoms with van der Waals surface area (Å²) in [6.07, 6.45) is 0. The van der Waals surface area contributed by atoms with Crippen LogP contribution in [-0.2, 0) is 5.33 Å². The van der Waals surface area contributed by atoms with Gasteiger partial charge in [0.2, 0.25) is 0 Å². The van der Waals surface area contributed by atoms with E-state index in [1.54, 1.807) is 0 Å². The number of rotatable bonds is 1. The van der Waals surface area contributed by atoms with Gasteiger partial charge in [0.25, 0.3) is 0 Å². The summed E-state index contributed by atoms with van der Waals surface area (Å²) in [5.74, 6) is 0. The van der Waals surface area contributed by atoms with Gasteiger partial charge in [-0.1, -0.05) is 45.7 Å². The zero-order valence-corrected chi connectivity index (χ0v) is 7.11. The number of hydrogen-bond donors (Lipinski definition) is 0. The highest BCUT2D eigenvalue weighted by Crippen LogP contribution is 2.16. The van der Waals surface area contributed by atoms with Gasteiger partial charge in [-0.05, 0) is 11.6 Å². The van der Waals surface area contributed by atoms with Crippen LogP contribution in [0.4, 0.5) is 0 Å². The monoisotopic (exact) mass is 230 g/mol. The second kappa shape index (κ2) is 5.41. The van der Waals surface area contributed by atoms with E-state index in [1.807, 2.05) is 24.3 Å². The van der Waals surface area contributed by atoms with Crippen molar-refractivity contribution in [3.63, 3.8) is 0 Å². The molecule has 3 heteroatoms. The molecule has 0 bridgehead atoms. The van der Waals surface area contributed by atoms with Crippen molar-refractivity contribution < 1.29 is 0 Å². The summed E-state index contributed by atoms with van der Waals surface area (Å²) in [4.78, 5) is 0. The smallest absolute Gasteiger partial charge is 0.0876 e. The lowest BCUT2D eigenvalue weighted by Gasteiger charge is -1.95. The molecule has 1 aromatic carbocycles. The summed E-state index contributed by atoms with van der Waals surface area (Å²) in [5, 5.41) is 1.65. The van der Waals surface area contributed by atoms with Gasteiger partial charge in [0.1, 0.15) is 0 Å². The molecular weight excluding hydrogens is 224 g/mol. The summed E-state index contributed by atoms with van der Waals surface area (Å²) in [5.41, 5.74) is 1.14. The fourth-order valence-corrected chi connectivity index (χ4v) is 1.46. The highest BCUT2D eigenvalue weighted by Gasteiger charge is 1.92. The Hall–Kier alpha value is 0.756. The van der Waals surface area contributed by atoms with Crippen LogP contribution in [0.2, 0.25) is 5.02 Å². The first-order chi connectivity index (χ1) is 4.34. The standard InChI is InChI=1S/C7H6BrCl.Mg.2H/c8-5-6-3-1-2-4-7(6)9;;;/h1-4H,5H2;;;. The summed E-state index contributed by atoms with van der Waals surface area (Å²) in [7, 11) is 0. The van der Waals surface area contributed by atoms with Crippen molar-refractivity contribution in [3.05, 3.63) is 34.9 Å². The van der Waals surface area contributed by atoms with E-state index in [4.69, 9.17) is 11.6 Å². The Bertz CT molecular complexity index is 203. The van der Waals surface area contributed by atoms with Crippen molar-refractivity contribution in [3.8, 4) is 0 Å². The fraction of sp³-hybridized carbons (Fsp3) is 0.143. The second-order valence-electron chi connectivity index (χ2n) is 1.73. The van der Waals surface area contributed by atoms with Crippen molar-refractivity contribution in [1.82, 2.24) is 0 Å². The maximum atomic E-state index is 5.79. The minimum Gasteiger partial charge on any atom is -0.0876 e. The quantitative estimate of drug-likeness (QED) is 0.514. The Morgan fingerprint density at radius 2 is 1.90 bits per heavy atom. The third kappa shape index (κ3) is 2.78. The van der Waals surface area contributed by atoms with E-state index in [1.165, 1.54) is 0 Å². The van der Waals surface area contributed by atoms with Crippen molar-refractivity contribution in [2.24, 2.45) is 0 Å². The van der Waals surface area contributed by atoms with E-state index in [0.717, 1.165) is 15.9 Å². The number of benzene rings is 1. The van der Waals surface area contributed by atoms with Crippen LogP contribution in [-0.4, -0.2) is 23.1 Å². The zero-order chi connectivity index (χ0) is 6.69. The Labute approximate surface area is 90.2 Å². The zero-order valence-electron chi connectivity index (χ0n) is 4.77. The molecule has 0 saturated carbocycles. The third-order valence-corrected chi connectivity index (χ3v) is 2.07. The van der Waals surface area contributed by atoms with Crippen LogP contribution in [0.25, 0.3) is 0 Å². The van der Waals surface area contributed by atoms with Gasteiger partial charge in [-0.25, -0.2) is 0 Å². The normalized spacial score (nSPS) is 8.60. The Balaban J connectivity index is 0.000000810. The predicted molar refractivity (Wildman–Crippen MR) is 52.6 cm³/mol. The summed E-state index contributed by atoms with van der Waals surface area (Å²) < 4.78 is 0. The predicted octanol–water partition coefficient (Wildman–Crippen LogP) is 2.32. The Kier molecular flexibility index (Phi) is 5.82. The molecule has 0 N–H and O–H groups in total. The van der Waals surface area contributed by atoms with Crippen molar-refractivity contribution >= 4 is 50.6 Å². The maximum Gasteiger partial charge on any atom is 0.316 e. The van der Waals surface area contributed by atoms with Crippen molar-refractivity contribution in [2.75, 3.05) is 0 Å². The number of halogens is 2. The molecular formula is C7H8BrClMg. The number of alkyl halides is 1. The van der Waals surface area contributed by atoms with Gasteiger partial charge in [0, 0.05) is 10.4 Å². The first-order valence-electron chi connectivity index (χ1n) is 2.64. The lowest BCUT2D eigenvalue weighted by atomic mass is 10.2. The molecule has 10 heavy (non-hydrogen) atoms. The van der Waals surface area contributed by atoms with E-state index in [2.05, 4.69) is 15.9 Å². The molecule has 1 rings (SSSR count). The molecule has 0 saturated heterocycles. The van der Waals surface area contributed by atoms with Crippen molar-refractivity contribution in [1.29, 1.82) is 0 Å². The SMILES string of the molecule is Clc1ccccc1CBr.[MgH2]. The van der Waals surface area contributed by atoms with Gasteiger partial charge >= 0.3 is 23.1 Å². The lowest BCUT2D eigenvalue weighted by molar-refractivity contribution is 1.44. The second-order valence-corrected chi connectivity index (χ2v) is 2.69. The molecule has 0 spiro atoms. The molecule has 0 aliphatic carbocycles. The largest absolute Gasteiger partial charge is 0.316 e. The van der Waals surface area contributed by atoms with Gasteiger partial charge in [0.05, 0.1) is 0 Å². The van der Waals surface area contributed by atoms with Crippen LogP contribution in [0.1, 0.15) is 5.56 Å². The minimum atomic E-state index is 0. The van der Waals surface area contributed by atoms with E-state index in [0.29, 0.717) is 0 Å². The molecule has 0 nitrogen and oxygen atoms in total.